The number of ether oxygens (including phenoxy) is 2. The van der Waals surface area contributed by atoms with Crippen LogP contribution in [-0.4, -0.2) is 18.5 Å². The van der Waals surface area contributed by atoms with Crippen LogP contribution >= 0.6 is 0 Å². The van der Waals surface area contributed by atoms with E-state index in [2.05, 4.69) is 13.8 Å². The lowest BCUT2D eigenvalue weighted by Gasteiger charge is -2.15. The number of hydrogen-bond acceptors (Lipinski definition) is 4. The third-order valence-corrected chi connectivity index (χ3v) is 4.31. The van der Waals surface area contributed by atoms with E-state index in [1.54, 1.807) is 48.5 Å². The lowest BCUT2D eigenvalue weighted by molar-refractivity contribution is 0.0422. The van der Waals surface area contributed by atoms with Gasteiger partial charge in [0.05, 0.1) is 17.7 Å². The fourth-order valence-corrected chi connectivity index (χ4v) is 2.66. The fourth-order valence-electron chi connectivity index (χ4n) is 2.66. The monoisotopic (exact) mass is 354 g/mol. The highest BCUT2D eigenvalue weighted by atomic mass is 16.5. The zero-order chi connectivity index (χ0) is 18.8. The molecule has 1 unspecified atom stereocenters. The van der Waals surface area contributed by atoms with Crippen molar-refractivity contribution in [3.8, 4) is 5.75 Å². The van der Waals surface area contributed by atoms with Crippen molar-refractivity contribution in [1.29, 1.82) is 0 Å². The van der Waals surface area contributed by atoms with Gasteiger partial charge in [-0.2, -0.15) is 0 Å². The molecule has 0 spiro atoms. The summed E-state index contributed by atoms with van der Waals surface area (Å²) in [4.78, 5) is 24.9. The van der Waals surface area contributed by atoms with Crippen LogP contribution in [0.4, 0.5) is 0 Å². The van der Waals surface area contributed by atoms with Crippen molar-refractivity contribution < 1.29 is 19.1 Å². The number of benzene rings is 2. The van der Waals surface area contributed by atoms with Gasteiger partial charge in [0.25, 0.3) is 0 Å². The number of hydrogen-bond donors (Lipinski definition) is 0. The SMILES string of the molecule is CCCCC(CC)COC(=O)c1ccccc1C(=O)Oc1ccccc1. The van der Waals surface area contributed by atoms with Crippen LogP contribution in [0.5, 0.6) is 5.75 Å². The van der Waals surface area contributed by atoms with Gasteiger partial charge >= 0.3 is 11.9 Å². The molecule has 0 aliphatic heterocycles. The van der Waals surface area contributed by atoms with E-state index < -0.39 is 11.9 Å². The lowest BCUT2D eigenvalue weighted by atomic mass is 10.0. The van der Waals surface area contributed by atoms with E-state index in [-0.39, 0.29) is 11.1 Å². The first-order chi connectivity index (χ1) is 12.7. The predicted molar refractivity (Wildman–Crippen MR) is 101 cm³/mol. The summed E-state index contributed by atoms with van der Waals surface area (Å²) in [6, 6.07) is 15.4. The number of esters is 2. The molecule has 26 heavy (non-hydrogen) atoms. The smallest absolute Gasteiger partial charge is 0.344 e. The quantitative estimate of drug-likeness (QED) is 0.454. The molecule has 2 aromatic rings. The van der Waals surface area contributed by atoms with Crippen LogP contribution in [0, 0.1) is 5.92 Å². The first-order valence-electron chi connectivity index (χ1n) is 9.19. The molecule has 0 saturated heterocycles. The Balaban J connectivity index is 2.05. The summed E-state index contributed by atoms with van der Waals surface area (Å²) in [7, 11) is 0. The summed E-state index contributed by atoms with van der Waals surface area (Å²) >= 11 is 0. The molecule has 0 bridgehead atoms. The normalized spacial score (nSPS) is 11.6. The molecule has 2 rings (SSSR count). The number of carbonyl (C=O) groups excluding carboxylic acids is 2. The Hall–Kier alpha value is -2.62. The van der Waals surface area contributed by atoms with E-state index in [0.717, 1.165) is 25.7 Å². The average molecular weight is 354 g/mol. The topological polar surface area (TPSA) is 52.6 Å². The van der Waals surface area contributed by atoms with Crippen LogP contribution in [0.3, 0.4) is 0 Å². The highest BCUT2D eigenvalue weighted by Crippen LogP contribution is 2.18. The third-order valence-electron chi connectivity index (χ3n) is 4.31. The summed E-state index contributed by atoms with van der Waals surface area (Å²) in [5.41, 5.74) is 0.446. The second-order valence-electron chi connectivity index (χ2n) is 6.26. The van der Waals surface area contributed by atoms with Crippen LogP contribution in [0.15, 0.2) is 54.6 Å². The van der Waals surface area contributed by atoms with Crippen molar-refractivity contribution in [2.45, 2.75) is 39.5 Å². The van der Waals surface area contributed by atoms with Gasteiger partial charge in [0.2, 0.25) is 0 Å². The van der Waals surface area contributed by atoms with E-state index in [0.29, 0.717) is 18.3 Å². The van der Waals surface area contributed by atoms with Crippen LogP contribution in [0.25, 0.3) is 0 Å². The number of rotatable bonds is 9. The highest BCUT2D eigenvalue weighted by molar-refractivity contribution is 6.03. The summed E-state index contributed by atoms with van der Waals surface area (Å²) in [6.07, 6.45) is 4.25. The molecular formula is C22H26O4. The maximum Gasteiger partial charge on any atom is 0.344 e. The van der Waals surface area contributed by atoms with Crippen LogP contribution in [-0.2, 0) is 4.74 Å². The van der Waals surface area contributed by atoms with Crippen molar-refractivity contribution in [3.05, 3.63) is 65.7 Å². The zero-order valence-electron chi connectivity index (χ0n) is 15.4. The standard InChI is InChI=1S/C22H26O4/c1-3-5-11-17(4-2)16-25-21(23)19-14-9-10-15-20(19)22(24)26-18-12-7-6-8-13-18/h6-10,12-15,17H,3-5,11,16H2,1-2H3. The van der Waals surface area contributed by atoms with Gasteiger partial charge in [-0.3, -0.25) is 0 Å². The van der Waals surface area contributed by atoms with E-state index in [4.69, 9.17) is 9.47 Å². The van der Waals surface area contributed by atoms with Gasteiger partial charge in [0.1, 0.15) is 5.75 Å². The molecule has 0 saturated carbocycles. The fraction of sp³-hybridized carbons (Fsp3) is 0.364. The zero-order valence-corrected chi connectivity index (χ0v) is 15.4. The Kier molecular flexibility index (Phi) is 7.87. The van der Waals surface area contributed by atoms with Crippen LogP contribution in [0.1, 0.15) is 60.2 Å². The van der Waals surface area contributed by atoms with E-state index in [9.17, 15) is 9.59 Å². The molecule has 0 radical (unpaired) electrons. The van der Waals surface area contributed by atoms with Crippen molar-refractivity contribution in [2.75, 3.05) is 6.61 Å². The average Bonchev–Trinajstić information content (AvgIpc) is 2.68. The van der Waals surface area contributed by atoms with Crippen molar-refractivity contribution in [3.63, 3.8) is 0 Å². The highest BCUT2D eigenvalue weighted by Gasteiger charge is 2.20. The molecular weight excluding hydrogens is 328 g/mol. The van der Waals surface area contributed by atoms with E-state index in [1.165, 1.54) is 0 Å². The Bertz CT molecular complexity index is 709. The summed E-state index contributed by atoms with van der Waals surface area (Å²) in [6.45, 7) is 4.62. The minimum atomic E-state index is -0.568. The maximum atomic E-state index is 12.5. The largest absolute Gasteiger partial charge is 0.462 e. The van der Waals surface area contributed by atoms with E-state index >= 15 is 0 Å². The first-order valence-corrected chi connectivity index (χ1v) is 9.19. The van der Waals surface area contributed by atoms with Gasteiger partial charge < -0.3 is 9.47 Å². The molecule has 138 valence electrons. The van der Waals surface area contributed by atoms with Crippen molar-refractivity contribution in [2.24, 2.45) is 5.92 Å². The van der Waals surface area contributed by atoms with Crippen molar-refractivity contribution in [1.82, 2.24) is 0 Å². The van der Waals surface area contributed by atoms with Crippen molar-refractivity contribution >= 4 is 11.9 Å². The molecule has 0 amide bonds. The first kappa shape index (κ1) is 19.7. The number of para-hydroxylation sites is 1. The molecule has 4 nitrogen and oxygen atoms in total. The Labute approximate surface area is 155 Å². The number of carbonyl (C=O) groups is 2. The van der Waals surface area contributed by atoms with Gasteiger partial charge in [-0.25, -0.2) is 9.59 Å². The second-order valence-corrected chi connectivity index (χ2v) is 6.26. The Morgan fingerprint density at radius 3 is 2.12 bits per heavy atom. The van der Waals surface area contributed by atoms with Gasteiger partial charge in [-0.1, -0.05) is 63.4 Å². The summed E-state index contributed by atoms with van der Waals surface area (Å²) < 4.78 is 10.8. The minimum Gasteiger partial charge on any atom is -0.462 e. The molecule has 0 aliphatic rings. The van der Waals surface area contributed by atoms with Gasteiger partial charge in [0, 0.05) is 0 Å². The molecule has 0 heterocycles. The molecule has 0 N–H and O–H groups in total. The molecule has 4 heteroatoms. The molecule has 2 aromatic carbocycles. The summed E-state index contributed by atoms with van der Waals surface area (Å²) in [5, 5.41) is 0. The van der Waals surface area contributed by atoms with Gasteiger partial charge in [-0.15, -0.1) is 0 Å². The predicted octanol–water partition coefficient (Wildman–Crippen LogP) is 5.28. The summed E-state index contributed by atoms with van der Waals surface area (Å²) in [5.74, 6) is -0.268. The van der Waals surface area contributed by atoms with Gasteiger partial charge in [-0.05, 0) is 36.6 Å². The Morgan fingerprint density at radius 1 is 0.885 bits per heavy atom. The van der Waals surface area contributed by atoms with E-state index in [1.807, 2.05) is 6.07 Å². The minimum absolute atomic E-state index is 0.211. The molecule has 1 atom stereocenters. The van der Waals surface area contributed by atoms with Gasteiger partial charge in [0.15, 0.2) is 0 Å². The third kappa shape index (κ3) is 5.73. The second kappa shape index (κ2) is 10.4. The molecule has 0 aliphatic carbocycles. The lowest BCUT2D eigenvalue weighted by Crippen LogP contribution is -2.18. The Morgan fingerprint density at radius 2 is 1.50 bits per heavy atom. The molecule has 0 aromatic heterocycles. The maximum absolute atomic E-state index is 12.5. The molecule has 0 fully saturated rings. The number of unbranched alkanes of at least 4 members (excludes halogenated alkanes) is 1. The van der Waals surface area contributed by atoms with Crippen LogP contribution < -0.4 is 4.74 Å². The van der Waals surface area contributed by atoms with Crippen LogP contribution in [0.2, 0.25) is 0 Å².